The Balaban J connectivity index is 2.50. The van der Waals surface area contributed by atoms with Crippen LogP contribution in [0.15, 0.2) is 24.4 Å². The van der Waals surface area contributed by atoms with Crippen molar-refractivity contribution in [1.29, 1.82) is 0 Å². The van der Waals surface area contributed by atoms with Crippen LogP contribution in [0.1, 0.15) is 71.3 Å². The van der Waals surface area contributed by atoms with Gasteiger partial charge in [-0.15, -0.1) is 0 Å². The predicted octanol–water partition coefficient (Wildman–Crippen LogP) is 4.16. The number of nitrogens with one attached hydrogen (secondary N) is 1. The Bertz CT molecular complexity index is 833. The lowest BCUT2D eigenvalue weighted by atomic mass is 9.90. The van der Waals surface area contributed by atoms with E-state index in [1.807, 2.05) is 18.3 Å². The molecule has 0 saturated heterocycles. The monoisotopic (exact) mass is 386 g/mol. The molecule has 2 aromatic heterocycles. The van der Waals surface area contributed by atoms with Gasteiger partial charge in [0.25, 0.3) is 5.91 Å². The van der Waals surface area contributed by atoms with Gasteiger partial charge in [0.1, 0.15) is 5.65 Å². The normalized spacial score (nSPS) is 13.6. The molecule has 0 fully saturated rings. The van der Waals surface area contributed by atoms with E-state index in [4.69, 9.17) is 10.2 Å². The highest BCUT2D eigenvalue weighted by atomic mass is 16.5. The number of carbonyl (C=O) groups is 1. The molecule has 1 amide bonds. The first kappa shape index (κ1) is 22.1. The maximum Gasteiger partial charge on any atom is 0.267 e. The van der Waals surface area contributed by atoms with Gasteiger partial charge in [-0.05, 0) is 50.1 Å². The fourth-order valence-corrected chi connectivity index (χ4v) is 3.37. The minimum Gasteiger partial charge on any atom is -0.302 e. The van der Waals surface area contributed by atoms with E-state index in [1.54, 1.807) is 11.6 Å². The summed E-state index contributed by atoms with van der Waals surface area (Å²) >= 11 is 0. The first-order valence-corrected chi connectivity index (χ1v) is 10.1. The van der Waals surface area contributed by atoms with Crippen molar-refractivity contribution in [2.45, 2.75) is 72.4 Å². The molecule has 0 aliphatic rings. The van der Waals surface area contributed by atoms with Crippen LogP contribution >= 0.6 is 0 Å². The number of aromatic nitrogens is 2. The average molecular weight is 387 g/mol. The maximum atomic E-state index is 11.2. The molecule has 28 heavy (non-hydrogen) atoms. The first-order valence-electron chi connectivity index (χ1n) is 10.1. The molecule has 0 radical (unpaired) electrons. The van der Waals surface area contributed by atoms with Crippen molar-refractivity contribution in [3.63, 3.8) is 0 Å². The fraction of sp³-hybridized carbons (Fsp3) is 0.545. The summed E-state index contributed by atoms with van der Waals surface area (Å²) in [4.78, 5) is 18.7. The van der Waals surface area contributed by atoms with Crippen molar-refractivity contribution in [1.82, 2.24) is 19.8 Å². The van der Waals surface area contributed by atoms with Gasteiger partial charge in [-0.1, -0.05) is 34.6 Å². The van der Waals surface area contributed by atoms with E-state index in [9.17, 15) is 4.79 Å². The second-order valence-electron chi connectivity index (χ2n) is 8.38. The summed E-state index contributed by atoms with van der Waals surface area (Å²) in [5, 5.41) is 8.63. The van der Waals surface area contributed by atoms with Crippen LogP contribution in [-0.4, -0.2) is 38.0 Å². The number of hydroxylamine groups is 1. The number of imidazole rings is 1. The number of hydrogen-bond acceptors (Lipinski definition) is 4. The van der Waals surface area contributed by atoms with E-state index in [0.29, 0.717) is 6.04 Å². The van der Waals surface area contributed by atoms with E-state index in [0.717, 1.165) is 42.8 Å². The van der Waals surface area contributed by atoms with Crippen LogP contribution in [0.25, 0.3) is 11.7 Å². The molecule has 2 N–H and O–H groups in total. The van der Waals surface area contributed by atoms with Crippen molar-refractivity contribution >= 4 is 17.6 Å². The third-order valence-corrected chi connectivity index (χ3v) is 5.07. The summed E-state index contributed by atoms with van der Waals surface area (Å²) in [5.41, 5.74) is 5.59. The Morgan fingerprint density at radius 2 is 2.11 bits per heavy atom. The summed E-state index contributed by atoms with van der Waals surface area (Å²) in [6, 6.07) is 4.43. The van der Waals surface area contributed by atoms with E-state index >= 15 is 0 Å². The molecule has 0 spiro atoms. The van der Waals surface area contributed by atoms with Crippen LogP contribution in [0.5, 0.6) is 0 Å². The molecule has 0 saturated carbocycles. The van der Waals surface area contributed by atoms with Crippen LogP contribution in [0.4, 0.5) is 0 Å². The summed E-state index contributed by atoms with van der Waals surface area (Å²) in [7, 11) is 0. The average Bonchev–Trinajstić information content (AvgIpc) is 3.03. The molecule has 0 aromatic carbocycles. The highest BCUT2D eigenvalue weighted by Gasteiger charge is 2.26. The molecule has 0 bridgehead atoms. The van der Waals surface area contributed by atoms with Crippen LogP contribution in [-0.2, 0) is 16.8 Å². The third-order valence-electron chi connectivity index (χ3n) is 5.07. The molecule has 0 aliphatic carbocycles. The van der Waals surface area contributed by atoms with E-state index < -0.39 is 5.91 Å². The Morgan fingerprint density at radius 3 is 2.68 bits per heavy atom. The Morgan fingerprint density at radius 1 is 1.39 bits per heavy atom. The van der Waals surface area contributed by atoms with Crippen LogP contribution in [0.3, 0.4) is 0 Å². The van der Waals surface area contributed by atoms with Crippen LogP contribution < -0.4 is 5.48 Å². The summed E-state index contributed by atoms with van der Waals surface area (Å²) in [5.74, 6) is -0.553. The minimum atomic E-state index is -0.553. The second kappa shape index (κ2) is 9.34. The lowest BCUT2D eigenvalue weighted by Crippen LogP contribution is -2.34. The molecule has 0 aliphatic heterocycles. The fourth-order valence-electron chi connectivity index (χ4n) is 3.37. The summed E-state index contributed by atoms with van der Waals surface area (Å²) in [6.07, 6.45) is 7.22. The SMILES string of the molecule is CCCN(Cc1c(C(C)(C)C)nc2cc(C=CC(=O)NO)ccn12)C(C)CC. The minimum absolute atomic E-state index is 0.0680. The first-order chi connectivity index (χ1) is 13.2. The number of rotatable bonds is 8. The van der Waals surface area contributed by atoms with Gasteiger partial charge in [0.2, 0.25) is 0 Å². The quantitative estimate of drug-likeness (QED) is 0.406. The van der Waals surface area contributed by atoms with Gasteiger partial charge in [-0.3, -0.25) is 14.9 Å². The van der Waals surface area contributed by atoms with Crippen LogP contribution in [0.2, 0.25) is 0 Å². The largest absolute Gasteiger partial charge is 0.302 e. The number of fused-ring (bicyclic) bond motifs is 1. The van der Waals surface area contributed by atoms with Crippen molar-refractivity contribution < 1.29 is 10.0 Å². The molecule has 2 aromatic rings. The van der Waals surface area contributed by atoms with Gasteiger partial charge < -0.3 is 4.40 Å². The van der Waals surface area contributed by atoms with Crippen molar-refractivity contribution in [3.8, 4) is 0 Å². The molecular weight excluding hydrogens is 352 g/mol. The van der Waals surface area contributed by atoms with Gasteiger partial charge in [0.05, 0.1) is 11.4 Å². The van der Waals surface area contributed by atoms with E-state index in [2.05, 4.69) is 50.8 Å². The van der Waals surface area contributed by atoms with Crippen molar-refractivity contribution in [2.24, 2.45) is 0 Å². The molecule has 1 unspecified atom stereocenters. The zero-order chi connectivity index (χ0) is 20.9. The predicted molar refractivity (Wildman–Crippen MR) is 113 cm³/mol. The van der Waals surface area contributed by atoms with E-state index in [1.165, 1.54) is 11.8 Å². The third kappa shape index (κ3) is 5.20. The zero-order valence-corrected chi connectivity index (χ0v) is 18.0. The standard InChI is InChI=1S/C22H34N4O2/c1-7-12-25(16(3)8-2)15-18-21(22(4,5)6)23-19-14-17(11-13-26(18)19)9-10-20(27)24-28/h9-11,13-14,16,28H,7-8,12,15H2,1-6H3,(H,24,27). The van der Waals surface area contributed by atoms with Gasteiger partial charge in [-0.2, -0.15) is 0 Å². The van der Waals surface area contributed by atoms with Crippen molar-refractivity contribution in [3.05, 3.63) is 41.4 Å². The molecule has 154 valence electrons. The highest BCUT2D eigenvalue weighted by molar-refractivity contribution is 5.90. The van der Waals surface area contributed by atoms with Gasteiger partial charge >= 0.3 is 0 Å². The molecule has 6 nitrogen and oxygen atoms in total. The zero-order valence-electron chi connectivity index (χ0n) is 18.0. The Kier molecular flexibility index (Phi) is 7.38. The van der Waals surface area contributed by atoms with Crippen LogP contribution in [0, 0.1) is 0 Å². The maximum absolute atomic E-state index is 11.2. The van der Waals surface area contributed by atoms with E-state index in [-0.39, 0.29) is 5.41 Å². The summed E-state index contributed by atoms with van der Waals surface area (Å²) in [6.45, 7) is 15.2. The molecule has 1 atom stereocenters. The number of nitrogens with zero attached hydrogens (tertiary/aromatic N) is 3. The molecule has 6 heteroatoms. The Hall–Kier alpha value is -2.18. The lowest BCUT2D eigenvalue weighted by Gasteiger charge is -2.29. The lowest BCUT2D eigenvalue weighted by molar-refractivity contribution is -0.124. The molecular formula is C22H34N4O2. The number of pyridine rings is 1. The second-order valence-corrected chi connectivity index (χ2v) is 8.38. The van der Waals surface area contributed by atoms with Gasteiger partial charge in [0, 0.05) is 30.3 Å². The van der Waals surface area contributed by atoms with Crippen molar-refractivity contribution in [2.75, 3.05) is 6.54 Å². The number of carbonyl (C=O) groups excluding carboxylic acids is 1. The molecule has 2 rings (SSSR count). The number of hydrogen-bond donors (Lipinski definition) is 2. The van der Waals surface area contributed by atoms with Gasteiger partial charge in [-0.25, -0.2) is 10.5 Å². The number of amides is 1. The summed E-state index contributed by atoms with van der Waals surface area (Å²) < 4.78 is 2.16. The Labute approximate surface area is 168 Å². The topological polar surface area (TPSA) is 69.9 Å². The van der Waals surface area contributed by atoms with Gasteiger partial charge in [0.15, 0.2) is 0 Å². The highest BCUT2D eigenvalue weighted by Crippen LogP contribution is 2.28. The smallest absolute Gasteiger partial charge is 0.267 e. The molecule has 2 heterocycles.